The van der Waals surface area contributed by atoms with Crippen LogP contribution in [0.4, 0.5) is 0 Å². The predicted molar refractivity (Wildman–Crippen MR) is 130 cm³/mol. The van der Waals surface area contributed by atoms with Crippen LogP contribution in [-0.2, 0) is 11.8 Å². The van der Waals surface area contributed by atoms with E-state index in [1.54, 1.807) is 11.8 Å². The first kappa shape index (κ1) is 21.1. The molecule has 1 aromatic carbocycles. The van der Waals surface area contributed by atoms with E-state index in [1.165, 1.54) is 49.7 Å². The van der Waals surface area contributed by atoms with Gasteiger partial charge in [0.25, 0.3) is 5.56 Å². The van der Waals surface area contributed by atoms with Crippen molar-refractivity contribution in [1.29, 1.82) is 0 Å². The highest BCUT2D eigenvalue weighted by atomic mass is 32.2. The minimum Gasteiger partial charge on any atom is -0.284 e. The number of aromatic nitrogens is 2. The maximum absolute atomic E-state index is 14.3. The van der Waals surface area contributed by atoms with Crippen molar-refractivity contribution in [1.82, 2.24) is 9.55 Å². The topological polar surface area (TPSA) is 34.9 Å². The van der Waals surface area contributed by atoms with Crippen molar-refractivity contribution in [2.45, 2.75) is 94.2 Å². The standard InChI is InChI=1S/C27H34N2OS/c1-19(2)18-31-26-28-24-22-14-8-7-11-20(22)17-27(15-9-4-10-16-27)23(24)25(30)29(26)21-12-5-3-6-13-21/h7-8,11,14,21H,1,3-6,9-10,12-13,15-18H2,2H3. The van der Waals surface area contributed by atoms with Gasteiger partial charge in [-0.2, -0.15) is 0 Å². The summed E-state index contributed by atoms with van der Waals surface area (Å²) in [5.41, 5.74) is 5.92. The zero-order chi connectivity index (χ0) is 21.4. The van der Waals surface area contributed by atoms with Crippen LogP contribution in [0.15, 0.2) is 46.4 Å². The molecule has 164 valence electrons. The number of nitrogens with zero attached hydrogens (tertiary/aromatic N) is 2. The van der Waals surface area contributed by atoms with E-state index < -0.39 is 0 Å². The molecule has 3 aliphatic rings. The largest absolute Gasteiger partial charge is 0.284 e. The monoisotopic (exact) mass is 434 g/mol. The Morgan fingerprint density at radius 1 is 1.13 bits per heavy atom. The lowest BCUT2D eigenvalue weighted by molar-refractivity contribution is 0.273. The van der Waals surface area contributed by atoms with Crippen LogP contribution in [0, 0.1) is 0 Å². The van der Waals surface area contributed by atoms with E-state index in [9.17, 15) is 4.79 Å². The highest BCUT2D eigenvalue weighted by Gasteiger charge is 2.43. The van der Waals surface area contributed by atoms with Gasteiger partial charge >= 0.3 is 0 Å². The summed E-state index contributed by atoms with van der Waals surface area (Å²) >= 11 is 1.70. The molecule has 4 heteroatoms. The van der Waals surface area contributed by atoms with Gasteiger partial charge in [-0.25, -0.2) is 4.98 Å². The lowest BCUT2D eigenvalue weighted by Crippen LogP contribution is -2.44. The third kappa shape index (κ3) is 3.82. The second-order valence-electron chi connectivity index (χ2n) is 10.0. The molecule has 0 radical (unpaired) electrons. The molecular weight excluding hydrogens is 400 g/mol. The summed E-state index contributed by atoms with van der Waals surface area (Å²) in [5, 5.41) is 0.904. The summed E-state index contributed by atoms with van der Waals surface area (Å²) in [4.78, 5) is 19.6. The zero-order valence-electron chi connectivity index (χ0n) is 18.8. The Labute approximate surface area is 190 Å². The molecule has 0 aliphatic heterocycles. The minimum absolute atomic E-state index is 0.0278. The molecule has 2 aromatic rings. The van der Waals surface area contributed by atoms with Crippen molar-refractivity contribution in [2.24, 2.45) is 0 Å². The SMILES string of the molecule is C=C(C)CSc1nc2c(c(=O)n1C1CCCCC1)C1(CCCCC1)Cc1ccccc1-2. The molecule has 3 aliphatic carbocycles. The number of fused-ring (bicyclic) bond motifs is 4. The number of hydrogen-bond acceptors (Lipinski definition) is 3. The smallest absolute Gasteiger partial charge is 0.258 e. The average molecular weight is 435 g/mol. The van der Waals surface area contributed by atoms with E-state index in [2.05, 4.69) is 42.3 Å². The van der Waals surface area contributed by atoms with E-state index in [1.807, 2.05) is 0 Å². The van der Waals surface area contributed by atoms with E-state index in [-0.39, 0.29) is 11.0 Å². The molecular formula is C27H34N2OS. The third-order valence-electron chi connectivity index (χ3n) is 7.61. The van der Waals surface area contributed by atoms with Gasteiger partial charge in [0.05, 0.1) is 11.3 Å². The Bertz CT molecular complexity index is 1040. The molecule has 0 N–H and O–H groups in total. The Morgan fingerprint density at radius 2 is 1.84 bits per heavy atom. The number of rotatable bonds is 4. The second-order valence-corrected chi connectivity index (χ2v) is 10.9. The summed E-state index contributed by atoms with van der Waals surface area (Å²) in [7, 11) is 0. The molecule has 31 heavy (non-hydrogen) atoms. The van der Waals surface area contributed by atoms with Crippen molar-refractivity contribution in [2.75, 3.05) is 5.75 Å². The molecule has 1 heterocycles. The van der Waals surface area contributed by atoms with Crippen molar-refractivity contribution < 1.29 is 0 Å². The predicted octanol–water partition coefficient (Wildman–Crippen LogP) is 6.84. The van der Waals surface area contributed by atoms with Crippen molar-refractivity contribution in [3.63, 3.8) is 0 Å². The summed E-state index contributed by atoms with van der Waals surface area (Å²) in [6.07, 6.45) is 12.9. The Morgan fingerprint density at radius 3 is 2.58 bits per heavy atom. The molecule has 0 unspecified atom stereocenters. The van der Waals surface area contributed by atoms with Crippen LogP contribution in [0.5, 0.6) is 0 Å². The second kappa shape index (κ2) is 8.61. The summed E-state index contributed by atoms with van der Waals surface area (Å²) < 4.78 is 2.12. The molecule has 0 saturated heterocycles. The highest BCUT2D eigenvalue weighted by Crippen LogP contribution is 2.49. The van der Waals surface area contributed by atoms with Gasteiger partial charge in [0.1, 0.15) is 0 Å². The molecule has 1 aromatic heterocycles. The van der Waals surface area contributed by atoms with Gasteiger partial charge in [-0.15, -0.1) is 0 Å². The zero-order valence-corrected chi connectivity index (χ0v) is 19.6. The van der Waals surface area contributed by atoms with Gasteiger partial charge in [-0.1, -0.05) is 86.7 Å². The lowest BCUT2D eigenvalue weighted by Gasteiger charge is -2.42. The number of benzene rings is 1. The Balaban J connectivity index is 1.74. The van der Waals surface area contributed by atoms with Crippen LogP contribution >= 0.6 is 11.8 Å². The normalized spacial score (nSPS) is 20.3. The molecule has 0 bridgehead atoms. The number of hydrogen-bond donors (Lipinski definition) is 0. The molecule has 0 amide bonds. The average Bonchev–Trinajstić information content (AvgIpc) is 2.78. The fraction of sp³-hybridized carbons (Fsp3) is 0.556. The van der Waals surface area contributed by atoms with Crippen LogP contribution in [0.25, 0.3) is 11.3 Å². The van der Waals surface area contributed by atoms with E-state index >= 15 is 0 Å². The van der Waals surface area contributed by atoms with Crippen LogP contribution in [0.1, 0.15) is 88.3 Å². The lowest BCUT2D eigenvalue weighted by atomic mass is 9.62. The minimum atomic E-state index is -0.0278. The maximum Gasteiger partial charge on any atom is 0.258 e. The van der Waals surface area contributed by atoms with Gasteiger partial charge in [-0.05, 0) is 44.6 Å². The van der Waals surface area contributed by atoms with Crippen molar-refractivity contribution in [3.05, 3.63) is 57.9 Å². The van der Waals surface area contributed by atoms with Crippen LogP contribution < -0.4 is 5.56 Å². The van der Waals surface area contributed by atoms with E-state index in [4.69, 9.17) is 4.98 Å². The number of thioether (sulfide) groups is 1. The maximum atomic E-state index is 14.3. The molecule has 2 saturated carbocycles. The molecule has 0 atom stereocenters. The summed E-state index contributed by atoms with van der Waals surface area (Å²) in [5.74, 6) is 0.810. The first-order valence-corrected chi connectivity index (χ1v) is 13.1. The summed E-state index contributed by atoms with van der Waals surface area (Å²) in [6.45, 7) is 6.15. The Hall–Kier alpha value is -1.81. The summed E-state index contributed by atoms with van der Waals surface area (Å²) in [6, 6.07) is 8.96. The Kier molecular flexibility index (Phi) is 5.85. The van der Waals surface area contributed by atoms with E-state index in [0.29, 0.717) is 6.04 Å². The van der Waals surface area contributed by atoms with Crippen LogP contribution in [0.3, 0.4) is 0 Å². The van der Waals surface area contributed by atoms with Crippen molar-refractivity contribution in [3.8, 4) is 11.3 Å². The van der Waals surface area contributed by atoms with Crippen molar-refractivity contribution >= 4 is 11.8 Å². The van der Waals surface area contributed by atoms with E-state index in [0.717, 1.165) is 59.8 Å². The van der Waals surface area contributed by atoms with Gasteiger partial charge < -0.3 is 0 Å². The third-order valence-corrected chi connectivity index (χ3v) is 8.80. The van der Waals surface area contributed by atoms with Gasteiger partial charge in [0.2, 0.25) is 0 Å². The van der Waals surface area contributed by atoms with Gasteiger partial charge in [-0.3, -0.25) is 9.36 Å². The molecule has 5 rings (SSSR count). The first-order chi connectivity index (χ1) is 15.1. The van der Waals surface area contributed by atoms with Gasteiger partial charge in [0.15, 0.2) is 5.16 Å². The first-order valence-electron chi connectivity index (χ1n) is 12.1. The highest BCUT2D eigenvalue weighted by molar-refractivity contribution is 7.99. The van der Waals surface area contributed by atoms with Gasteiger partial charge in [0, 0.05) is 22.8 Å². The fourth-order valence-corrected chi connectivity index (χ4v) is 7.05. The quantitative estimate of drug-likeness (QED) is 0.300. The molecule has 2 fully saturated rings. The fourth-order valence-electron chi connectivity index (χ4n) is 6.15. The van der Waals surface area contributed by atoms with Crippen LogP contribution in [-0.4, -0.2) is 15.3 Å². The molecule has 3 nitrogen and oxygen atoms in total. The van der Waals surface area contributed by atoms with Crippen LogP contribution in [0.2, 0.25) is 0 Å². The molecule has 1 spiro atoms.